The van der Waals surface area contributed by atoms with E-state index < -0.39 is 0 Å². The molecule has 0 N–H and O–H groups in total. The van der Waals surface area contributed by atoms with Crippen LogP contribution in [0, 0.1) is 0 Å². The minimum Gasteiger partial charge on any atom is -0.308 e. The first-order valence-corrected chi connectivity index (χ1v) is 21.1. The zero-order valence-electron chi connectivity index (χ0n) is 34.5. The van der Waals surface area contributed by atoms with Crippen LogP contribution in [0.4, 0.5) is 34.1 Å². The fraction of sp³-hybridized carbons (Fsp3) is 0.103. The molecule has 11 rings (SSSR count). The predicted octanol–water partition coefficient (Wildman–Crippen LogP) is 16.1. The molecule has 0 amide bonds. The molecule has 0 bridgehead atoms. The van der Waals surface area contributed by atoms with Gasteiger partial charge < -0.3 is 9.80 Å². The van der Waals surface area contributed by atoms with E-state index in [0.29, 0.717) is 0 Å². The normalized spacial score (nSPS) is 14.2. The van der Waals surface area contributed by atoms with Crippen molar-refractivity contribution in [3.63, 3.8) is 0 Å². The first-order valence-electron chi connectivity index (χ1n) is 21.1. The lowest BCUT2D eigenvalue weighted by atomic mass is 9.70. The molecule has 0 spiro atoms. The zero-order chi connectivity index (χ0) is 40.6. The Morgan fingerprint density at radius 1 is 0.383 bits per heavy atom. The Labute approximate surface area is 353 Å². The molecule has 0 fully saturated rings. The lowest BCUT2D eigenvalue weighted by Crippen LogP contribution is -2.32. The molecule has 288 valence electrons. The largest absolute Gasteiger partial charge is 0.308 e. The third-order valence-corrected chi connectivity index (χ3v) is 13.2. The Morgan fingerprint density at radius 2 is 0.967 bits per heavy atom. The highest BCUT2D eigenvalue weighted by Gasteiger charge is 2.41. The van der Waals surface area contributed by atoms with Gasteiger partial charge in [-0.05, 0) is 103 Å². The van der Waals surface area contributed by atoms with E-state index in [-0.39, 0.29) is 10.8 Å². The Balaban J connectivity index is 1.21. The molecule has 2 aliphatic rings. The van der Waals surface area contributed by atoms with Crippen molar-refractivity contribution in [3.05, 3.63) is 229 Å². The number of benzene rings is 9. The molecule has 9 aromatic carbocycles. The van der Waals surface area contributed by atoms with Gasteiger partial charge in [0.25, 0.3) is 0 Å². The molecular formula is C58H46N2. The van der Waals surface area contributed by atoms with Gasteiger partial charge in [0, 0.05) is 27.6 Å². The second-order valence-corrected chi connectivity index (χ2v) is 17.3. The van der Waals surface area contributed by atoms with Crippen molar-refractivity contribution in [3.8, 4) is 33.4 Å². The maximum Gasteiger partial charge on any atom is 0.0781 e. The van der Waals surface area contributed by atoms with Gasteiger partial charge in [-0.1, -0.05) is 191 Å². The summed E-state index contributed by atoms with van der Waals surface area (Å²) in [6.07, 6.45) is 0. The van der Waals surface area contributed by atoms with E-state index in [0.717, 1.165) is 22.7 Å². The molecule has 1 aliphatic heterocycles. The molecule has 0 saturated carbocycles. The molecular weight excluding hydrogens is 725 g/mol. The molecule has 1 heterocycles. The predicted molar refractivity (Wildman–Crippen MR) is 254 cm³/mol. The zero-order valence-corrected chi connectivity index (χ0v) is 34.5. The molecule has 0 radical (unpaired) electrons. The van der Waals surface area contributed by atoms with Gasteiger partial charge in [0.1, 0.15) is 0 Å². The lowest BCUT2D eigenvalue weighted by molar-refractivity contribution is 0.634. The molecule has 0 unspecified atom stereocenters. The van der Waals surface area contributed by atoms with E-state index >= 15 is 0 Å². The summed E-state index contributed by atoms with van der Waals surface area (Å²) in [7, 11) is 0. The van der Waals surface area contributed by atoms with Crippen LogP contribution in [0.25, 0.3) is 44.2 Å². The molecule has 0 aromatic heterocycles. The van der Waals surface area contributed by atoms with Crippen molar-refractivity contribution in [2.24, 2.45) is 0 Å². The number of fused-ring (bicyclic) bond motifs is 6. The molecule has 60 heavy (non-hydrogen) atoms. The second kappa shape index (κ2) is 13.7. The third-order valence-electron chi connectivity index (χ3n) is 13.2. The Hall–Kier alpha value is -7.16. The molecule has 0 atom stereocenters. The highest BCUT2D eigenvalue weighted by atomic mass is 15.2. The van der Waals surface area contributed by atoms with Crippen molar-refractivity contribution in [2.75, 3.05) is 9.80 Å². The van der Waals surface area contributed by atoms with Crippen molar-refractivity contribution in [1.82, 2.24) is 0 Å². The molecule has 2 nitrogen and oxygen atoms in total. The SMILES string of the molecule is CC1(C)c2ccccc2-c2ccc(N(c3ccc(-c4ccccc4)cc3)c3ccc4ccccc4c3N3c4ccccc4C(C)(C)c4c(-c5ccccc5)cccc43)cc21. The summed E-state index contributed by atoms with van der Waals surface area (Å²) in [4.78, 5) is 5.07. The summed E-state index contributed by atoms with van der Waals surface area (Å²) >= 11 is 0. The number of anilines is 6. The molecule has 9 aromatic rings. The molecule has 2 heteroatoms. The van der Waals surface area contributed by atoms with E-state index in [2.05, 4.69) is 244 Å². The first kappa shape index (κ1) is 36.0. The van der Waals surface area contributed by atoms with Gasteiger partial charge in [-0.15, -0.1) is 0 Å². The number of rotatable bonds is 6. The van der Waals surface area contributed by atoms with Gasteiger partial charge >= 0.3 is 0 Å². The summed E-state index contributed by atoms with van der Waals surface area (Å²) < 4.78 is 0. The maximum atomic E-state index is 2.57. The van der Waals surface area contributed by atoms with E-state index in [9.17, 15) is 0 Å². The van der Waals surface area contributed by atoms with Crippen LogP contribution in [0.15, 0.2) is 206 Å². The van der Waals surface area contributed by atoms with Crippen LogP contribution in [0.5, 0.6) is 0 Å². The quantitative estimate of drug-likeness (QED) is 0.166. The van der Waals surface area contributed by atoms with Crippen LogP contribution >= 0.6 is 0 Å². The first-order chi connectivity index (χ1) is 29.3. The van der Waals surface area contributed by atoms with Crippen LogP contribution in [0.3, 0.4) is 0 Å². The summed E-state index contributed by atoms with van der Waals surface area (Å²) in [5, 5.41) is 2.39. The number of nitrogens with zero attached hydrogens (tertiary/aromatic N) is 2. The highest BCUT2D eigenvalue weighted by molar-refractivity contribution is 6.09. The Bertz CT molecular complexity index is 3090. The van der Waals surface area contributed by atoms with Crippen LogP contribution in [-0.4, -0.2) is 0 Å². The van der Waals surface area contributed by atoms with Crippen LogP contribution < -0.4 is 9.80 Å². The van der Waals surface area contributed by atoms with E-state index in [1.54, 1.807) is 0 Å². The average molecular weight is 771 g/mol. The third kappa shape index (κ3) is 5.48. The summed E-state index contributed by atoms with van der Waals surface area (Å²) in [6, 6.07) is 76.2. The summed E-state index contributed by atoms with van der Waals surface area (Å²) in [5.74, 6) is 0. The van der Waals surface area contributed by atoms with Gasteiger partial charge in [-0.25, -0.2) is 0 Å². The Morgan fingerprint density at radius 3 is 1.75 bits per heavy atom. The van der Waals surface area contributed by atoms with Gasteiger partial charge in [0.2, 0.25) is 0 Å². The van der Waals surface area contributed by atoms with Crippen molar-refractivity contribution >= 4 is 44.9 Å². The van der Waals surface area contributed by atoms with Gasteiger partial charge in [-0.3, -0.25) is 0 Å². The Kier molecular flexibility index (Phi) is 8.22. The standard InChI is InChI=1S/C58H46N2/c1-57(2)49-26-14-13-24-47(49)48-36-35-44(38-51(48)57)59(43-33-30-40(31-34-43)39-18-7-5-8-19-39)54-37-32-42-22-11-12-23-46(42)56(54)60-52-28-16-15-27-50(52)58(3,4)55-45(25-17-29-53(55)60)41-20-9-6-10-21-41/h5-38H,1-4H3. The van der Waals surface area contributed by atoms with E-state index in [4.69, 9.17) is 0 Å². The van der Waals surface area contributed by atoms with Crippen LogP contribution in [0.1, 0.15) is 49.9 Å². The molecule has 1 aliphatic carbocycles. The van der Waals surface area contributed by atoms with Crippen molar-refractivity contribution in [1.29, 1.82) is 0 Å². The van der Waals surface area contributed by atoms with Gasteiger partial charge in [0.15, 0.2) is 0 Å². The van der Waals surface area contributed by atoms with Gasteiger partial charge in [-0.2, -0.15) is 0 Å². The summed E-state index contributed by atoms with van der Waals surface area (Å²) in [5.41, 5.74) is 19.3. The monoisotopic (exact) mass is 770 g/mol. The minimum absolute atomic E-state index is 0.152. The average Bonchev–Trinajstić information content (AvgIpc) is 3.52. The maximum absolute atomic E-state index is 2.57. The topological polar surface area (TPSA) is 6.48 Å². The number of hydrogen-bond acceptors (Lipinski definition) is 2. The second-order valence-electron chi connectivity index (χ2n) is 17.3. The van der Waals surface area contributed by atoms with Gasteiger partial charge in [0.05, 0.1) is 22.7 Å². The fourth-order valence-corrected chi connectivity index (χ4v) is 10.3. The highest BCUT2D eigenvalue weighted by Crippen LogP contribution is 2.59. The smallest absolute Gasteiger partial charge is 0.0781 e. The number of hydrogen-bond donors (Lipinski definition) is 0. The fourth-order valence-electron chi connectivity index (χ4n) is 10.3. The minimum atomic E-state index is -0.271. The van der Waals surface area contributed by atoms with Crippen molar-refractivity contribution < 1.29 is 0 Å². The molecule has 0 saturated heterocycles. The lowest BCUT2D eigenvalue weighted by Gasteiger charge is -2.44. The van der Waals surface area contributed by atoms with E-state index in [1.807, 2.05) is 0 Å². The van der Waals surface area contributed by atoms with Crippen LogP contribution in [-0.2, 0) is 10.8 Å². The van der Waals surface area contributed by atoms with Crippen LogP contribution in [0.2, 0.25) is 0 Å². The summed E-state index contributed by atoms with van der Waals surface area (Å²) in [6.45, 7) is 9.53. The number of para-hydroxylation sites is 1. The van der Waals surface area contributed by atoms with E-state index in [1.165, 1.54) is 77.8 Å². The van der Waals surface area contributed by atoms with Crippen molar-refractivity contribution in [2.45, 2.75) is 38.5 Å².